The molecule has 0 atom stereocenters. The fraction of sp³-hybridized carbons (Fsp3) is 0.364. The highest BCUT2D eigenvalue weighted by molar-refractivity contribution is 7.91. The molecule has 18 heavy (non-hydrogen) atoms. The lowest BCUT2D eigenvalue weighted by molar-refractivity contribution is 0.0697. The Hall–Kier alpha value is -1.27. The van der Waals surface area contributed by atoms with Crippen LogP contribution in [0.25, 0.3) is 0 Å². The topological polar surface area (TPSA) is 74.7 Å². The molecule has 1 heterocycles. The van der Waals surface area contributed by atoms with Gasteiger partial charge in [-0.2, -0.15) is 0 Å². The number of hydrogen-bond acceptors (Lipinski definition) is 4. The van der Waals surface area contributed by atoms with Crippen molar-refractivity contribution in [3.8, 4) is 0 Å². The zero-order chi connectivity index (χ0) is 13.3. The molecule has 2 rings (SSSR count). The van der Waals surface area contributed by atoms with Gasteiger partial charge in [-0.3, -0.25) is 0 Å². The summed E-state index contributed by atoms with van der Waals surface area (Å²) in [7, 11) is -2.95. The van der Waals surface area contributed by atoms with Crippen molar-refractivity contribution in [3.63, 3.8) is 0 Å². The van der Waals surface area contributed by atoms with Crippen LogP contribution in [0, 0.1) is 0 Å². The van der Waals surface area contributed by atoms with E-state index in [1.54, 1.807) is 6.07 Å². The van der Waals surface area contributed by atoms with Gasteiger partial charge in [-0.25, -0.2) is 13.2 Å². The number of carboxylic acids is 1. The first-order chi connectivity index (χ1) is 8.37. The molecule has 0 amide bonds. The summed E-state index contributed by atoms with van der Waals surface area (Å²) in [4.78, 5) is 12.8. The van der Waals surface area contributed by atoms with E-state index in [1.807, 2.05) is 4.90 Å². The van der Waals surface area contributed by atoms with Crippen LogP contribution in [-0.4, -0.2) is 44.1 Å². The first-order valence-electron chi connectivity index (χ1n) is 5.37. The number of aromatic carboxylic acids is 1. The summed E-state index contributed by atoms with van der Waals surface area (Å²) in [5.41, 5.74) is 0.751. The van der Waals surface area contributed by atoms with E-state index in [4.69, 9.17) is 16.7 Å². The van der Waals surface area contributed by atoms with Gasteiger partial charge in [0.05, 0.1) is 17.1 Å². The van der Waals surface area contributed by atoms with Crippen LogP contribution < -0.4 is 4.90 Å². The molecule has 7 heteroatoms. The molecule has 1 aliphatic rings. The lowest BCUT2D eigenvalue weighted by atomic mass is 10.2. The summed E-state index contributed by atoms with van der Waals surface area (Å²) in [6.45, 7) is 0.726. The van der Waals surface area contributed by atoms with Gasteiger partial charge in [-0.15, -0.1) is 0 Å². The summed E-state index contributed by atoms with van der Waals surface area (Å²) < 4.78 is 22.6. The largest absolute Gasteiger partial charge is 0.478 e. The van der Waals surface area contributed by atoms with Crippen LogP contribution in [0.4, 0.5) is 5.69 Å². The van der Waals surface area contributed by atoms with Gasteiger partial charge in [-0.05, 0) is 18.2 Å². The minimum absolute atomic E-state index is 0.0852. The van der Waals surface area contributed by atoms with Gasteiger partial charge < -0.3 is 10.0 Å². The number of rotatable bonds is 2. The Morgan fingerprint density at radius 2 is 1.83 bits per heavy atom. The van der Waals surface area contributed by atoms with E-state index >= 15 is 0 Å². The van der Waals surface area contributed by atoms with Gasteiger partial charge in [0.25, 0.3) is 0 Å². The van der Waals surface area contributed by atoms with Gasteiger partial charge in [0.2, 0.25) is 0 Å². The standard InChI is InChI=1S/C11H12ClNO4S/c12-9-5-8(11(14)15)6-10(7-9)13-1-3-18(16,17)4-2-13/h5-7H,1-4H2,(H,14,15). The maximum absolute atomic E-state index is 11.3. The molecule has 0 saturated carbocycles. The quantitative estimate of drug-likeness (QED) is 0.887. The molecule has 1 fully saturated rings. The zero-order valence-corrected chi connectivity index (χ0v) is 11.0. The summed E-state index contributed by atoms with van der Waals surface area (Å²) in [5.74, 6) is -0.882. The highest BCUT2D eigenvalue weighted by Crippen LogP contribution is 2.24. The van der Waals surface area contributed by atoms with Crippen LogP contribution in [0.1, 0.15) is 10.4 Å². The predicted octanol–water partition coefficient (Wildman–Crippen LogP) is 1.27. The van der Waals surface area contributed by atoms with Gasteiger partial charge in [0, 0.05) is 23.8 Å². The number of sulfone groups is 1. The maximum Gasteiger partial charge on any atom is 0.335 e. The molecule has 0 unspecified atom stereocenters. The van der Waals surface area contributed by atoms with Crippen molar-refractivity contribution in [3.05, 3.63) is 28.8 Å². The molecule has 0 spiro atoms. The van der Waals surface area contributed by atoms with Crippen LogP contribution in [0.2, 0.25) is 5.02 Å². The number of carbonyl (C=O) groups is 1. The molecule has 1 N–H and O–H groups in total. The second kappa shape index (κ2) is 4.78. The van der Waals surface area contributed by atoms with Crippen molar-refractivity contribution < 1.29 is 18.3 Å². The van der Waals surface area contributed by atoms with E-state index in [0.29, 0.717) is 23.8 Å². The third-order valence-corrected chi connectivity index (χ3v) is 4.67. The van der Waals surface area contributed by atoms with Crippen molar-refractivity contribution in [1.82, 2.24) is 0 Å². The molecule has 0 radical (unpaired) electrons. The molecule has 5 nitrogen and oxygen atoms in total. The third kappa shape index (κ3) is 2.94. The average Bonchev–Trinajstić information content (AvgIpc) is 2.28. The highest BCUT2D eigenvalue weighted by atomic mass is 35.5. The minimum atomic E-state index is -2.95. The maximum atomic E-state index is 11.3. The van der Waals surface area contributed by atoms with E-state index in [1.165, 1.54) is 12.1 Å². The molecule has 1 saturated heterocycles. The Bertz CT molecular complexity index is 571. The van der Waals surface area contributed by atoms with E-state index in [-0.39, 0.29) is 17.1 Å². The van der Waals surface area contributed by atoms with Crippen molar-refractivity contribution in [1.29, 1.82) is 0 Å². The Morgan fingerprint density at radius 3 is 2.39 bits per heavy atom. The molecule has 0 bridgehead atoms. The summed E-state index contributed by atoms with van der Waals surface area (Å²) in [5, 5.41) is 9.27. The number of carboxylic acid groups (broad SMARTS) is 1. The van der Waals surface area contributed by atoms with Crippen LogP contribution in [-0.2, 0) is 9.84 Å². The fourth-order valence-electron chi connectivity index (χ4n) is 1.85. The fourth-order valence-corrected chi connectivity index (χ4v) is 3.28. The van der Waals surface area contributed by atoms with Gasteiger partial charge in [-0.1, -0.05) is 11.6 Å². The van der Waals surface area contributed by atoms with Crippen molar-refractivity contribution in [2.24, 2.45) is 0 Å². The Kier molecular flexibility index (Phi) is 3.49. The van der Waals surface area contributed by atoms with E-state index in [0.717, 1.165) is 0 Å². The number of anilines is 1. The molecular formula is C11H12ClNO4S. The van der Waals surface area contributed by atoms with Crippen molar-refractivity contribution in [2.45, 2.75) is 0 Å². The number of halogens is 1. The van der Waals surface area contributed by atoms with Crippen LogP contribution in [0.15, 0.2) is 18.2 Å². The number of benzene rings is 1. The van der Waals surface area contributed by atoms with Crippen molar-refractivity contribution >= 4 is 33.1 Å². The van der Waals surface area contributed by atoms with E-state index in [9.17, 15) is 13.2 Å². The monoisotopic (exact) mass is 289 g/mol. The molecule has 0 aromatic heterocycles. The number of nitrogens with zero attached hydrogens (tertiary/aromatic N) is 1. The minimum Gasteiger partial charge on any atom is -0.478 e. The molecule has 98 valence electrons. The first kappa shape index (κ1) is 13.2. The molecule has 0 aliphatic carbocycles. The van der Waals surface area contributed by atoms with E-state index in [2.05, 4.69) is 0 Å². The zero-order valence-electron chi connectivity index (χ0n) is 9.47. The van der Waals surface area contributed by atoms with Crippen LogP contribution in [0.5, 0.6) is 0 Å². The summed E-state index contributed by atoms with van der Waals surface area (Å²) in [6, 6.07) is 4.52. The van der Waals surface area contributed by atoms with Gasteiger partial charge in [0.1, 0.15) is 0 Å². The number of hydrogen-bond donors (Lipinski definition) is 1. The summed E-state index contributed by atoms with van der Waals surface area (Å²) in [6.07, 6.45) is 0. The second-order valence-electron chi connectivity index (χ2n) is 4.14. The third-order valence-electron chi connectivity index (χ3n) is 2.84. The Labute approximate surface area is 110 Å². The average molecular weight is 290 g/mol. The molecular weight excluding hydrogens is 278 g/mol. The normalized spacial score (nSPS) is 18.6. The second-order valence-corrected chi connectivity index (χ2v) is 6.88. The predicted molar refractivity (Wildman–Crippen MR) is 69.3 cm³/mol. The SMILES string of the molecule is O=C(O)c1cc(Cl)cc(N2CCS(=O)(=O)CC2)c1. The molecule has 1 aliphatic heterocycles. The van der Waals surface area contributed by atoms with Gasteiger partial charge in [0.15, 0.2) is 9.84 Å². The van der Waals surface area contributed by atoms with E-state index < -0.39 is 15.8 Å². The van der Waals surface area contributed by atoms with Gasteiger partial charge >= 0.3 is 5.97 Å². The summed E-state index contributed by atoms with van der Waals surface area (Å²) >= 11 is 5.86. The van der Waals surface area contributed by atoms with Crippen molar-refractivity contribution in [2.75, 3.05) is 29.5 Å². The van der Waals surface area contributed by atoms with Crippen LogP contribution >= 0.6 is 11.6 Å². The first-order valence-corrected chi connectivity index (χ1v) is 7.56. The molecule has 1 aromatic carbocycles. The lowest BCUT2D eigenvalue weighted by Gasteiger charge is -2.29. The lowest BCUT2D eigenvalue weighted by Crippen LogP contribution is -2.40. The Morgan fingerprint density at radius 1 is 1.22 bits per heavy atom. The Balaban J connectivity index is 2.26. The molecule has 1 aromatic rings. The van der Waals surface area contributed by atoms with Crippen LogP contribution in [0.3, 0.4) is 0 Å². The highest BCUT2D eigenvalue weighted by Gasteiger charge is 2.22. The smallest absolute Gasteiger partial charge is 0.335 e.